The van der Waals surface area contributed by atoms with E-state index < -0.39 is 0 Å². The summed E-state index contributed by atoms with van der Waals surface area (Å²) in [6.45, 7) is 4.54. The molecule has 0 aliphatic carbocycles. The smallest absolute Gasteiger partial charge is 0.126 e. The maximum Gasteiger partial charge on any atom is 0.126 e. The van der Waals surface area contributed by atoms with E-state index in [0.29, 0.717) is 17.9 Å². The van der Waals surface area contributed by atoms with Crippen molar-refractivity contribution >= 4 is 0 Å². The predicted molar refractivity (Wildman–Crippen MR) is 75.7 cm³/mol. The van der Waals surface area contributed by atoms with Crippen LogP contribution < -0.4 is 5.32 Å². The maximum atomic E-state index is 13.8. The Morgan fingerprint density at radius 3 is 2.75 bits per heavy atom. The molecule has 4 heteroatoms. The van der Waals surface area contributed by atoms with Gasteiger partial charge >= 0.3 is 0 Å². The van der Waals surface area contributed by atoms with Crippen LogP contribution in [0, 0.1) is 17.6 Å². The first kappa shape index (κ1) is 15.4. The van der Waals surface area contributed by atoms with E-state index in [1.165, 1.54) is 18.2 Å². The highest BCUT2D eigenvalue weighted by atomic mass is 19.1. The zero-order valence-corrected chi connectivity index (χ0v) is 12.0. The zero-order valence-electron chi connectivity index (χ0n) is 12.0. The van der Waals surface area contributed by atoms with Crippen LogP contribution in [0.3, 0.4) is 0 Å². The summed E-state index contributed by atoms with van der Waals surface area (Å²) >= 11 is 0. The molecule has 1 aliphatic heterocycles. The molecule has 0 saturated carbocycles. The van der Waals surface area contributed by atoms with Gasteiger partial charge in [-0.15, -0.1) is 0 Å². The Morgan fingerprint density at radius 2 is 2.05 bits per heavy atom. The van der Waals surface area contributed by atoms with Gasteiger partial charge in [-0.1, -0.05) is 6.92 Å². The first-order valence-corrected chi connectivity index (χ1v) is 7.45. The number of halogens is 2. The molecule has 0 bridgehead atoms. The topological polar surface area (TPSA) is 21.3 Å². The van der Waals surface area contributed by atoms with Crippen molar-refractivity contribution in [3.05, 3.63) is 35.4 Å². The van der Waals surface area contributed by atoms with Crippen molar-refractivity contribution in [2.45, 2.75) is 38.6 Å². The van der Waals surface area contributed by atoms with Crippen LogP contribution in [0.1, 0.15) is 31.7 Å². The Morgan fingerprint density at radius 1 is 1.30 bits per heavy atom. The largest absolute Gasteiger partial charge is 0.381 e. The molecule has 0 amide bonds. The van der Waals surface area contributed by atoms with Gasteiger partial charge in [0.15, 0.2) is 0 Å². The van der Waals surface area contributed by atoms with Crippen molar-refractivity contribution in [1.29, 1.82) is 0 Å². The summed E-state index contributed by atoms with van der Waals surface area (Å²) in [7, 11) is 0. The van der Waals surface area contributed by atoms with Gasteiger partial charge in [0, 0.05) is 19.3 Å². The number of benzene rings is 1. The highest BCUT2D eigenvalue weighted by Gasteiger charge is 2.24. The lowest BCUT2D eigenvalue weighted by atomic mass is 9.87. The van der Waals surface area contributed by atoms with E-state index in [1.54, 1.807) is 0 Å². The van der Waals surface area contributed by atoms with Crippen LogP contribution in [0.5, 0.6) is 0 Å². The monoisotopic (exact) mass is 283 g/mol. The van der Waals surface area contributed by atoms with Crippen molar-refractivity contribution in [3.63, 3.8) is 0 Å². The number of rotatable bonds is 6. The Labute approximate surface area is 119 Å². The molecule has 1 fully saturated rings. The van der Waals surface area contributed by atoms with Crippen LogP contribution in [-0.2, 0) is 11.2 Å². The first-order chi connectivity index (χ1) is 9.70. The molecular weight excluding hydrogens is 260 g/mol. The third-order valence-electron chi connectivity index (χ3n) is 3.94. The van der Waals surface area contributed by atoms with Gasteiger partial charge in [-0.2, -0.15) is 0 Å². The summed E-state index contributed by atoms with van der Waals surface area (Å²) in [6, 6.07) is 3.89. The summed E-state index contributed by atoms with van der Waals surface area (Å²) in [6.07, 6.45) is 3.54. The quantitative estimate of drug-likeness (QED) is 0.865. The van der Waals surface area contributed by atoms with Crippen molar-refractivity contribution in [3.8, 4) is 0 Å². The molecular formula is C16H23F2NO. The van der Waals surface area contributed by atoms with E-state index in [2.05, 4.69) is 12.2 Å². The van der Waals surface area contributed by atoms with E-state index in [1.807, 2.05) is 0 Å². The second-order valence-electron chi connectivity index (χ2n) is 5.45. The first-order valence-electron chi connectivity index (χ1n) is 7.45. The molecule has 1 saturated heterocycles. The second-order valence-corrected chi connectivity index (χ2v) is 5.45. The van der Waals surface area contributed by atoms with Gasteiger partial charge in [0.05, 0.1) is 0 Å². The minimum absolute atomic E-state index is 0.190. The summed E-state index contributed by atoms with van der Waals surface area (Å²) in [5, 5.41) is 3.49. The highest BCUT2D eigenvalue weighted by molar-refractivity contribution is 5.20. The van der Waals surface area contributed by atoms with Crippen molar-refractivity contribution < 1.29 is 13.5 Å². The number of hydrogen-bond donors (Lipinski definition) is 1. The lowest BCUT2D eigenvalue weighted by Crippen LogP contribution is -2.41. The van der Waals surface area contributed by atoms with Gasteiger partial charge in [-0.3, -0.25) is 0 Å². The zero-order chi connectivity index (χ0) is 14.4. The number of nitrogens with one attached hydrogen (secondary N) is 1. The molecule has 20 heavy (non-hydrogen) atoms. The molecule has 2 rings (SSSR count). The Kier molecular flexibility index (Phi) is 5.92. The molecule has 2 nitrogen and oxygen atoms in total. The Balaban J connectivity index is 2.07. The average molecular weight is 283 g/mol. The van der Waals surface area contributed by atoms with Gasteiger partial charge in [-0.05, 0) is 61.9 Å². The summed E-state index contributed by atoms with van der Waals surface area (Å²) < 4.78 is 32.5. The Bertz CT molecular complexity index is 419. The van der Waals surface area contributed by atoms with Crippen LogP contribution >= 0.6 is 0 Å². The summed E-state index contributed by atoms with van der Waals surface area (Å²) in [4.78, 5) is 0. The normalized spacial score (nSPS) is 18.1. The Hall–Kier alpha value is -1.00. The van der Waals surface area contributed by atoms with Gasteiger partial charge < -0.3 is 10.1 Å². The lowest BCUT2D eigenvalue weighted by Gasteiger charge is -2.31. The van der Waals surface area contributed by atoms with Crippen LogP contribution in [0.4, 0.5) is 8.78 Å². The molecule has 1 unspecified atom stereocenters. The average Bonchev–Trinajstić information content (AvgIpc) is 2.48. The standard InChI is InChI=1S/C16H23F2NO/c1-2-7-19-16(12-5-8-20-9-6-12)11-13-10-14(17)3-4-15(13)18/h3-4,10,12,16,19H,2,5-9,11H2,1H3. The number of hydrogen-bond acceptors (Lipinski definition) is 2. The minimum atomic E-state index is -0.373. The van der Waals surface area contributed by atoms with E-state index in [0.717, 1.165) is 39.0 Å². The minimum Gasteiger partial charge on any atom is -0.381 e. The van der Waals surface area contributed by atoms with Crippen molar-refractivity contribution in [1.82, 2.24) is 5.32 Å². The molecule has 1 aliphatic rings. The predicted octanol–water partition coefficient (Wildman–Crippen LogP) is 3.30. The fourth-order valence-corrected chi connectivity index (χ4v) is 2.79. The summed E-state index contributed by atoms with van der Waals surface area (Å²) in [5.41, 5.74) is 0.463. The summed E-state index contributed by atoms with van der Waals surface area (Å²) in [5.74, 6) is -0.220. The van der Waals surface area contributed by atoms with Gasteiger partial charge in [0.1, 0.15) is 11.6 Å². The molecule has 112 valence electrons. The molecule has 1 atom stereocenters. The van der Waals surface area contributed by atoms with E-state index in [-0.39, 0.29) is 17.7 Å². The number of ether oxygens (including phenoxy) is 1. The lowest BCUT2D eigenvalue weighted by molar-refractivity contribution is 0.0536. The molecule has 0 spiro atoms. The van der Waals surface area contributed by atoms with Gasteiger partial charge in [0.25, 0.3) is 0 Å². The van der Waals surface area contributed by atoms with E-state index >= 15 is 0 Å². The fourth-order valence-electron chi connectivity index (χ4n) is 2.79. The molecule has 0 radical (unpaired) electrons. The van der Waals surface area contributed by atoms with Crippen molar-refractivity contribution in [2.75, 3.05) is 19.8 Å². The van der Waals surface area contributed by atoms with Crippen molar-refractivity contribution in [2.24, 2.45) is 5.92 Å². The highest BCUT2D eigenvalue weighted by Crippen LogP contribution is 2.23. The third-order valence-corrected chi connectivity index (χ3v) is 3.94. The molecule has 1 aromatic carbocycles. The van der Waals surface area contributed by atoms with Crippen LogP contribution in [0.15, 0.2) is 18.2 Å². The molecule has 1 aromatic rings. The second kappa shape index (κ2) is 7.70. The van der Waals surface area contributed by atoms with Gasteiger partial charge in [-0.25, -0.2) is 8.78 Å². The fraction of sp³-hybridized carbons (Fsp3) is 0.625. The molecule has 1 heterocycles. The maximum absolute atomic E-state index is 13.8. The third kappa shape index (κ3) is 4.25. The van der Waals surface area contributed by atoms with Crippen LogP contribution in [0.2, 0.25) is 0 Å². The molecule has 0 aromatic heterocycles. The van der Waals surface area contributed by atoms with Crippen LogP contribution in [0.25, 0.3) is 0 Å². The van der Waals surface area contributed by atoms with E-state index in [9.17, 15) is 8.78 Å². The van der Waals surface area contributed by atoms with E-state index in [4.69, 9.17) is 4.74 Å². The van der Waals surface area contributed by atoms with Gasteiger partial charge in [0.2, 0.25) is 0 Å². The van der Waals surface area contributed by atoms with Crippen LogP contribution in [-0.4, -0.2) is 25.8 Å². The SMILES string of the molecule is CCCNC(Cc1cc(F)ccc1F)C1CCOCC1. The molecule has 1 N–H and O–H groups in total.